The molecule has 1 aliphatic rings. The molecule has 1 aromatic carbocycles. The Hall–Kier alpha value is -1.48. The topological polar surface area (TPSA) is 79.4 Å². The van der Waals surface area contributed by atoms with Gasteiger partial charge in [0.05, 0.1) is 16.3 Å². The van der Waals surface area contributed by atoms with Crippen LogP contribution in [0.1, 0.15) is 36.8 Å². The molecule has 0 aliphatic carbocycles. The van der Waals surface area contributed by atoms with Crippen molar-refractivity contribution in [2.75, 3.05) is 24.2 Å². The summed E-state index contributed by atoms with van der Waals surface area (Å²) < 4.78 is 24.6. The number of benzene rings is 1. The van der Waals surface area contributed by atoms with Crippen molar-refractivity contribution in [1.29, 1.82) is 0 Å². The Morgan fingerprint density at radius 3 is 2.79 bits per heavy atom. The van der Waals surface area contributed by atoms with E-state index in [0.717, 1.165) is 38.2 Å². The minimum Gasteiger partial charge on any atom is -0.302 e. The second-order valence-electron chi connectivity index (χ2n) is 6.84. The predicted octanol–water partition coefficient (Wildman–Crippen LogP) is 3.76. The van der Waals surface area contributed by atoms with Crippen LogP contribution in [0.2, 0.25) is 5.02 Å². The molecule has 9 heteroatoms. The number of anilines is 1. The van der Waals surface area contributed by atoms with Crippen molar-refractivity contribution in [3.63, 3.8) is 0 Å². The lowest BCUT2D eigenvalue weighted by atomic mass is 10.2. The van der Waals surface area contributed by atoms with E-state index >= 15 is 0 Å². The standard InChI is InChI=1S/C19H24ClN3O3S2/c1-2-10-23-11-9-16-17(13-23)27-19(21-16)22-18(24)4-3-12-28(25,26)15-7-5-14(20)6-8-15/h5-8H,2-4,9-13H2,1H3,(H,21,22,24). The average Bonchev–Trinajstić information content (AvgIpc) is 3.03. The largest absolute Gasteiger partial charge is 0.302 e. The van der Waals surface area contributed by atoms with Crippen LogP contribution in [-0.2, 0) is 27.6 Å². The van der Waals surface area contributed by atoms with Crippen LogP contribution in [0.25, 0.3) is 0 Å². The number of nitrogens with zero attached hydrogens (tertiary/aromatic N) is 2. The Labute approximate surface area is 174 Å². The van der Waals surface area contributed by atoms with Gasteiger partial charge in [0.15, 0.2) is 15.0 Å². The van der Waals surface area contributed by atoms with Gasteiger partial charge in [0, 0.05) is 35.8 Å². The predicted molar refractivity (Wildman–Crippen MR) is 113 cm³/mol. The third-order valence-electron chi connectivity index (χ3n) is 4.59. The minimum absolute atomic E-state index is 0.0810. The molecule has 28 heavy (non-hydrogen) atoms. The number of carbonyl (C=O) groups is 1. The van der Waals surface area contributed by atoms with Crippen LogP contribution in [0.5, 0.6) is 0 Å². The van der Waals surface area contributed by atoms with Gasteiger partial charge in [-0.3, -0.25) is 9.69 Å². The zero-order valence-electron chi connectivity index (χ0n) is 15.8. The number of rotatable bonds is 8. The molecule has 2 aromatic rings. The summed E-state index contributed by atoms with van der Waals surface area (Å²) in [4.78, 5) is 20.5. The van der Waals surface area contributed by atoms with Crippen molar-refractivity contribution in [2.24, 2.45) is 0 Å². The van der Waals surface area contributed by atoms with Crippen molar-refractivity contribution in [3.05, 3.63) is 39.9 Å². The Morgan fingerprint density at radius 2 is 2.07 bits per heavy atom. The Bertz CT molecular complexity index is 926. The van der Waals surface area contributed by atoms with E-state index in [9.17, 15) is 13.2 Å². The summed E-state index contributed by atoms with van der Waals surface area (Å²) in [7, 11) is -3.42. The summed E-state index contributed by atoms with van der Waals surface area (Å²) >= 11 is 7.31. The highest BCUT2D eigenvalue weighted by Crippen LogP contribution is 2.28. The van der Waals surface area contributed by atoms with Crippen molar-refractivity contribution in [3.8, 4) is 0 Å². The summed E-state index contributed by atoms with van der Waals surface area (Å²) in [6.07, 6.45) is 2.42. The molecule has 1 N–H and O–H groups in total. The number of halogens is 1. The second kappa shape index (κ2) is 9.35. The molecule has 3 rings (SSSR count). The number of sulfone groups is 1. The number of fused-ring (bicyclic) bond motifs is 1. The summed E-state index contributed by atoms with van der Waals surface area (Å²) in [5.74, 6) is -0.287. The van der Waals surface area contributed by atoms with Crippen LogP contribution in [0.4, 0.5) is 5.13 Å². The van der Waals surface area contributed by atoms with Crippen LogP contribution in [0.3, 0.4) is 0 Å². The van der Waals surface area contributed by atoms with Crippen LogP contribution >= 0.6 is 22.9 Å². The Balaban J connectivity index is 1.49. The first-order valence-electron chi connectivity index (χ1n) is 9.36. The first kappa shape index (κ1) is 21.2. The lowest BCUT2D eigenvalue weighted by Gasteiger charge is -2.24. The first-order valence-corrected chi connectivity index (χ1v) is 12.2. The number of hydrogen-bond donors (Lipinski definition) is 1. The van der Waals surface area contributed by atoms with Crippen LogP contribution in [0, 0.1) is 0 Å². The molecule has 2 heterocycles. The maximum atomic E-state index is 12.3. The molecule has 0 saturated heterocycles. The SMILES string of the molecule is CCCN1CCc2nc(NC(=O)CCCS(=O)(=O)c3ccc(Cl)cc3)sc2C1. The molecule has 0 atom stereocenters. The van der Waals surface area contributed by atoms with Crippen LogP contribution in [-0.4, -0.2) is 43.1 Å². The zero-order valence-corrected chi connectivity index (χ0v) is 18.2. The smallest absolute Gasteiger partial charge is 0.226 e. The lowest BCUT2D eigenvalue weighted by molar-refractivity contribution is -0.116. The number of carbonyl (C=O) groups excluding carboxylic acids is 1. The van der Waals surface area contributed by atoms with Gasteiger partial charge in [-0.2, -0.15) is 0 Å². The molecular weight excluding hydrogens is 418 g/mol. The van der Waals surface area contributed by atoms with E-state index in [1.807, 2.05) is 0 Å². The fourth-order valence-corrected chi connectivity index (χ4v) is 5.68. The third kappa shape index (κ3) is 5.53. The molecule has 0 saturated carbocycles. The van der Waals surface area contributed by atoms with Crippen molar-refractivity contribution in [2.45, 2.75) is 44.0 Å². The van der Waals surface area contributed by atoms with E-state index in [-0.39, 0.29) is 29.4 Å². The third-order valence-corrected chi connectivity index (χ3v) is 7.65. The zero-order chi connectivity index (χ0) is 20.1. The van der Waals surface area contributed by atoms with Gasteiger partial charge < -0.3 is 5.32 Å². The average molecular weight is 442 g/mol. The van der Waals surface area contributed by atoms with Gasteiger partial charge in [0.2, 0.25) is 5.91 Å². The number of hydrogen-bond acceptors (Lipinski definition) is 6. The van der Waals surface area contributed by atoms with Crippen molar-refractivity contribution in [1.82, 2.24) is 9.88 Å². The maximum Gasteiger partial charge on any atom is 0.226 e. The molecular formula is C19H24ClN3O3S2. The van der Waals surface area contributed by atoms with Gasteiger partial charge in [-0.25, -0.2) is 13.4 Å². The maximum absolute atomic E-state index is 12.3. The highest BCUT2D eigenvalue weighted by molar-refractivity contribution is 7.91. The summed E-state index contributed by atoms with van der Waals surface area (Å²) in [6, 6.07) is 6.07. The molecule has 152 valence electrons. The van der Waals surface area contributed by atoms with Gasteiger partial charge in [-0.1, -0.05) is 18.5 Å². The number of thiazole rings is 1. The fraction of sp³-hybridized carbons (Fsp3) is 0.474. The van der Waals surface area contributed by atoms with Gasteiger partial charge in [0.1, 0.15) is 0 Å². The van der Waals surface area contributed by atoms with Crippen LogP contribution in [0.15, 0.2) is 29.2 Å². The highest BCUT2D eigenvalue weighted by atomic mass is 35.5. The molecule has 0 radical (unpaired) electrons. The van der Waals surface area contributed by atoms with Gasteiger partial charge in [-0.05, 0) is 43.7 Å². The van der Waals surface area contributed by atoms with E-state index in [1.54, 1.807) is 12.1 Å². The van der Waals surface area contributed by atoms with Gasteiger partial charge in [0.25, 0.3) is 0 Å². The second-order valence-corrected chi connectivity index (χ2v) is 10.5. The molecule has 6 nitrogen and oxygen atoms in total. The molecule has 0 unspecified atom stereocenters. The van der Waals surface area contributed by atoms with Crippen LogP contribution < -0.4 is 5.32 Å². The minimum atomic E-state index is -3.42. The number of nitrogens with one attached hydrogen (secondary N) is 1. The molecule has 0 fully saturated rings. The Morgan fingerprint density at radius 1 is 1.32 bits per heavy atom. The number of amides is 1. The fourth-order valence-electron chi connectivity index (χ4n) is 3.17. The molecule has 1 aromatic heterocycles. The summed E-state index contributed by atoms with van der Waals surface area (Å²) in [6.45, 7) is 5.12. The quantitative estimate of drug-likeness (QED) is 0.674. The van der Waals surface area contributed by atoms with Gasteiger partial charge in [-0.15, -0.1) is 11.3 Å². The first-order chi connectivity index (χ1) is 13.4. The molecule has 0 bridgehead atoms. The van der Waals surface area contributed by atoms with Gasteiger partial charge >= 0.3 is 0 Å². The number of aromatic nitrogens is 1. The van der Waals surface area contributed by atoms with E-state index in [1.165, 1.54) is 28.3 Å². The molecule has 1 aliphatic heterocycles. The molecule has 0 spiro atoms. The highest BCUT2D eigenvalue weighted by Gasteiger charge is 2.21. The van der Waals surface area contributed by atoms with Crippen molar-refractivity contribution >= 4 is 43.8 Å². The lowest BCUT2D eigenvalue weighted by Crippen LogP contribution is -2.30. The summed E-state index contributed by atoms with van der Waals surface area (Å²) in [5.41, 5.74) is 1.07. The van der Waals surface area contributed by atoms with Crippen molar-refractivity contribution < 1.29 is 13.2 Å². The Kier molecular flexibility index (Phi) is 7.09. The van der Waals surface area contributed by atoms with E-state index in [4.69, 9.17) is 11.6 Å². The monoisotopic (exact) mass is 441 g/mol. The van der Waals surface area contributed by atoms with E-state index < -0.39 is 9.84 Å². The van der Waals surface area contributed by atoms with E-state index in [0.29, 0.717) is 10.2 Å². The molecule has 1 amide bonds. The summed E-state index contributed by atoms with van der Waals surface area (Å²) in [5, 5.41) is 3.91. The normalized spacial score (nSPS) is 14.6. The van der Waals surface area contributed by atoms with E-state index in [2.05, 4.69) is 22.1 Å².